The van der Waals surface area contributed by atoms with E-state index in [2.05, 4.69) is 28.4 Å². The average molecular weight is 261 g/mol. The van der Waals surface area contributed by atoms with Crippen LogP contribution in [0.2, 0.25) is 0 Å². The third kappa shape index (κ3) is 4.37. The molecule has 0 aliphatic carbocycles. The number of aryl methyl sites for hydroxylation is 1. The zero-order valence-electron chi connectivity index (χ0n) is 11.3. The summed E-state index contributed by atoms with van der Waals surface area (Å²) < 4.78 is 10.6. The number of hydrogen-bond acceptors (Lipinski definition) is 5. The van der Waals surface area contributed by atoms with Crippen LogP contribution in [-0.4, -0.2) is 16.7 Å². The molecule has 5 heteroatoms. The number of nitrogens with one attached hydrogen (secondary N) is 1. The Labute approximate surface area is 113 Å². The first kappa shape index (κ1) is 13.5. The van der Waals surface area contributed by atoms with Gasteiger partial charge in [-0.25, -0.2) is 0 Å². The van der Waals surface area contributed by atoms with E-state index in [-0.39, 0.29) is 0 Å². The van der Waals surface area contributed by atoms with Crippen LogP contribution < -0.4 is 10.1 Å². The van der Waals surface area contributed by atoms with Crippen LogP contribution in [0.15, 0.2) is 28.8 Å². The number of ether oxygens (including phenoxy) is 1. The summed E-state index contributed by atoms with van der Waals surface area (Å²) in [6.07, 6.45) is 1.01. The molecule has 1 aromatic heterocycles. The second-order valence-corrected chi connectivity index (χ2v) is 4.33. The Kier molecular flexibility index (Phi) is 4.92. The van der Waals surface area contributed by atoms with Gasteiger partial charge in [-0.2, -0.15) is 4.98 Å². The average Bonchev–Trinajstić information content (AvgIpc) is 2.83. The van der Waals surface area contributed by atoms with Gasteiger partial charge in [0.05, 0.1) is 13.2 Å². The maximum Gasteiger partial charge on any atom is 0.240 e. The molecular formula is C14H19N3O2. The van der Waals surface area contributed by atoms with Gasteiger partial charge in [0.15, 0.2) is 5.82 Å². The lowest BCUT2D eigenvalue weighted by molar-refractivity contribution is 0.317. The van der Waals surface area contributed by atoms with Crippen molar-refractivity contribution < 1.29 is 9.26 Å². The molecule has 0 aliphatic heterocycles. The molecule has 0 radical (unpaired) electrons. The normalized spacial score (nSPS) is 10.6. The number of benzene rings is 1. The summed E-state index contributed by atoms with van der Waals surface area (Å²) in [5, 5.41) is 7.01. The van der Waals surface area contributed by atoms with Gasteiger partial charge in [0.2, 0.25) is 5.89 Å². The number of nitrogens with zero attached hydrogens (tertiary/aromatic N) is 2. The number of hydrogen-bond donors (Lipinski definition) is 1. The van der Waals surface area contributed by atoms with Crippen LogP contribution >= 0.6 is 0 Å². The van der Waals surface area contributed by atoms with E-state index in [9.17, 15) is 0 Å². The SMILES string of the molecule is CCCOc1cccc(CNCc2nc(C)no2)c1. The van der Waals surface area contributed by atoms with Crippen LogP contribution in [0, 0.1) is 6.92 Å². The predicted octanol–water partition coefficient (Wildman–Crippen LogP) is 2.46. The topological polar surface area (TPSA) is 60.2 Å². The van der Waals surface area contributed by atoms with Crippen molar-refractivity contribution in [2.45, 2.75) is 33.4 Å². The number of rotatable bonds is 7. The number of aromatic nitrogens is 2. The van der Waals surface area contributed by atoms with E-state index in [1.807, 2.05) is 25.1 Å². The minimum Gasteiger partial charge on any atom is -0.494 e. The molecule has 0 spiro atoms. The molecule has 5 nitrogen and oxygen atoms in total. The Morgan fingerprint density at radius 1 is 1.32 bits per heavy atom. The summed E-state index contributed by atoms with van der Waals surface area (Å²) in [7, 11) is 0. The lowest BCUT2D eigenvalue weighted by Crippen LogP contribution is -2.13. The summed E-state index contributed by atoms with van der Waals surface area (Å²) in [5.74, 6) is 2.18. The Morgan fingerprint density at radius 3 is 2.95 bits per heavy atom. The van der Waals surface area contributed by atoms with E-state index >= 15 is 0 Å². The van der Waals surface area contributed by atoms with E-state index in [1.165, 1.54) is 5.56 Å². The summed E-state index contributed by atoms with van der Waals surface area (Å²) in [6.45, 7) is 5.96. The monoisotopic (exact) mass is 261 g/mol. The minimum absolute atomic E-state index is 0.570. The molecule has 0 atom stereocenters. The van der Waals surface area contributed by atoms with Gasteiger partial charge in [-0.3, -0.25) is 0 Å². The first-order chi connectivity index (χ1) is 9.28. The zero-order chi connectivity index (χ0) is 13.5. The van der Waals surface area contributed by atoms with Gasteiger partial charge in [-0.15, -0.1) is 0 Å². The molecule has 0 saturated heterocycles. The molecule has 0 aliphatic rings. The Hall–Kier alpha value is -1.88. The Bertz CT molecular complexity index is 511. The largest absolute Gasteiger partial charge is 0.494 e. The Morgan fingerprint density at radius 2 is 2.21 bits per heavy atom. The van der Waals surface area contributed by atoms with Crippen molar-refractivity contribution in [2.75, 3.05) is 6.61 Å². The van der Waals surface area contributed by atoms with Crippen LogP contribution in [-0.2, 0) is 13.1 Å². The lowest BCUT2D eigenvalue weighted by atomic mass is 10.2. The van der Waals surface area contributed by atoms with Crippen LogP contribution in [0.4, 0.5) is 0 Å². The zero-order valence-corrected chi connectivity index (χ0v) is 11.3. The highest BCUT2D eigenvalue weighted by Gasteiger charge is 2.02. The van der Waals surface area contributed by atoms with Crippen molar-refractivity contribution in [1.29, 1.82) is 0 Å². The standard InChI is InChI=1S/C14H19N3O2/c1-3-7-18-13-6-4-5-12(8-13)9-15-10-14-16-11(2)17-19-14/h4-6,8,15H,3,7,9-10H2,1-2H3. The molecular weight excluding hydrogens is 242 g/mol. The minimum atomic E-state index is 0.570. The first-order valence-corrected chi connectivity index (χ1v) is 6.49. The van der Waals surface area contributed by atoms with Crippen molar-refractivity contribution in [3.05, 3.63) is 41.5 Å². The van der Waals surface area contributed by atoms with Crippen LogP contribution in [0.5, 0.6) is 5.75 Å². The third-order valence-corrected chi connectivity index (χ3v) is 2.55. The molecule has 1 heterocycles. The molecule has 0 unspecified atom stereocenters. The van der Waals surface area contributed by atoms with E-state index in [0.717, 1.165) is 25.3 Å². The van der Waals surface area contributed by atoms with Gasteiger partial charge in [0.25, 0.3) is 0 Å². The highest BCUT2D eigenvalue weighted by Crippen LogP contribution is 2.13. The van der Waals surface area contributed by atoms with Crippen LogP contribution in [0.25, 0.3) is 0 Å². The third-order valence-electron chi connectivity index (χ3n) is 2.55. The summed E-state index contributed by atoms with van der Waals surface area (Å²) in [6, 6.07) is 8.08. The van der Waals surface area contributed by atoms with E-state index in [0.29, 0.717) is 18.3 Å². The van der Waals surface area contributed by atoms with Gasteiger partial charge in [-0.05, 0) is 31.0 Å². The lowest BCUT2D eigenvalue weighted by Gasteiger charge is -2.07. The van der Waals surface area contributed by atoms with Gasteiger partial charge in [0, 0.05) is 6.54 Å². The molecule has 2 aromatic rings. The van der Waals surface area contributed by atoms with Crippen LogP contribution in [0.3, 0.4) is 0 Å². The second kappa shape index (κ2) is 6.89. The molecule has 19 heavy (non-hydrogen) atoms. The highest BCUT2D eigenvalue weighted by molar-refractivity contribution is 5.28. The first-order valence-electron chi connectivity index (χ1n) is 6.49. The molecule has 102 valence electrons. The molecule has 2 rings (SSSR count). The van der Waals surface area contributed by atoms with Gasteiger partial charge >= 0.3 is 0 Å². The van der Waals surface area contributed by atoms with E-state index in [1.54, 1.807) is 0 Å². The fourth-order valence-corrected chi connectivity index (χ4v) is 1.69. The van der Waals surface area contributed by atoms with Crippen molar-refractivity contribution in [2.24, 2.45) is 0 Å². The van der Waals surface area contributed by atoms with E-state index < -0.39 is 0 Å². The molecule has 0 bridgehead atoms. The van der Waals surface area contributed by atoms with Gasteiger partial charge in [-0.1, -0.05) is 24.2 Å². The van der Waals surface area contributed by atoms with Crippen molar-refractivity contribution in [1.82, 2.24) is 15.5 Å². The Balaban J connectivity index is 1.82. The molecule has 1 N–H and O–H groups in total. The molecule has 0 fully saturated rings. The summed E-state index contributed by atoms with van der Waals surface area (Å²) in [4.78, 5) is 4.13. The van der Waals surface area contributed by atoms with Crippen molar-refractivity contribution in [3.8, 4) is 5.75 Å². The van der Waals surface area contributed by atoms with Gasteiger partial charge in [0.1, 0.15) is 5.75 Å². The highest BCUT2D eigenvalue weighted by atomic mass is 16.5. The van der Waals surface area contributed by atoms with E-state index in [4.69, 9.17) is 9.26 Å². The maximum atomic E-state index is 5.60. The summed E-state index contributed by atoms with van der Waals surface area (Å²) >= 11 is 0. The fraction of sp³-hybridized carbons (Fsp3) is 0.429. The maximum absolute atomic E-state index is 5.60. The smallest absolute Gasteiger partial charge is 0.240 e. The molecule has 0 amide bonds. The predicted molar refractivity (Wildman–Crippen MR) is 71.8 cm³/mol. The van der Waals surface area contributed by atoms with Crippen molar-refractivity contribution in [3.63, 3.8) is 0 Å². The summed E-state index contributed by atoms with van der Waals surface area (Å²) in [5.41, 5.74) is 1.17. The van der Waals surface area contributed by atoms with Crippen LogP contribution in [0.1, 0.15) is 30.6 Å². The molecule has 1 aromatic carbocycles. The molecule has 0 saturated carbocycles. The second-order valence-electron chi connectivity index (χ2n) is 4.33. The van der Waals surface area contributed by atoms with Crippen molar-refractivity contribution >= 4 is 0 Å². The fourth-order valence-electron chi connectivity index (χ4n) is 1.69. The quantitative estimate of drug-likeness (QED) is 0.829. The van der Waals surface area contributed by atoms with Gasteiger partial charge < -0.3 is 14.6 Å².